The number of aromatic nitrogens is 2. The summed E-state index contributed by atoms with van der Waals surface area (Å²) in [6.45, 7) is 1.88. The maximum absolute atomic E-state index is 9.42. The van der Waals surface area contributed by atoms with Crippen LogP contribution in [0.5, 0.6) is 5.75 Å². The van der Waals surface area contributed by atoms with Gasteiger partial charge in [0.2, 0.25) is 0 Å². The fraction of sp³-hybridized carbons (Fsp3) is 0.222. The molecule has 1 aromatic carbocycles. The molecule has 12 heavy (non-hydrogen) atoms. The Kier molecular flexibility index (Phi) is 1.33. The Balaban J connectivity index is 2.87. The summed E-state index contributed by atoms with van der Waals surface area (Å²) in [5.74, 6) is 0.325. The van der Waals surface area contributed by atoms with Crippen molar-refractivity contribution in [2.24, 2.45) is 7.05 Å². The highest BCUT2D eigenvalue weighted by Crippen LogP contribution is 2.23. The molecule has 62 valence electrons. The molecule has 3 nitrogen and oxygen atoms in total. The van der Waals surface area contributed by atoms with Crippen molar-refractivity contribution in [1.29, 1.82) is 0 Å². The number of aryl methyl sites for hydroxylation is 2. The molecule has 0 bridgehead atoms. The molecule has 0 amide bonds. The van der Waals surface area contributed by atoms with E-state index in [1.165, 1.54) is 0 Å². The molecule has 1 aromatic heterocycles. The molecule has 0 radical (unpaired) electrons. The predicted molar refractivity (Wildman–Crippen MR) is 47.1 cm³/mol. The fourth-order valence-electron chi connectivity index (χ4n) is 1.30. The smallest absolute Gasteiger partial charge is 0.120 e. The molecule has 0 aliphatic rings. The van der Waals surface area contributed by atoms with E-state index in [4.69, 9.17) is 0 Å². The van der Waals surface area contributed by atoms with Crippen molar-refractivity contribution < 1.29 is 5.11 Å². The number of phenolic OH excluding ortho intramolecular Hbond substituents is 1. The van der Waals surface area contributed by atoms with Crippen molar-refractivity contribution in [1.82, 2.24) is 9.78 Å². The summed E-state index contributed by atoms with van der Waals surface area (Å²) in [7, 11) is 1.86. The SMILES string of the molecule is Cc1cc2cnn(C)c2cc1O. The number of fused-ring (bicyclic) bond motifs is 1. The van der Waals surface area contributed by atoms with E-state index in [-0.39, 0.29) is 0 Å². The van der Waals surface area contributed by atoms with Crippen molar-refractivity contribution in [3.63, 3.8) is 0 Å². The van der Waals surface area contributed by atoms with Gasteiger partial charge in [0.05, 0.1) is 11.7 Å². The van der Waals surface area contributed by atoms with Gasteiger partial charge in [-0.2, -0.15) is 5.10 Å². The molecule has 2 aromatic rings. The summed E-state index contributed by atoms with van der Waals surface area (Å²) in [4.78, 5) is 0. The average molecular weight is 162 g/mol. The Labute approximate surface area is 70.2 Å². The average Bonchev–Trinajstić information content (AvgIpc) is 2.35. The summed E-state index contributed by atoms with van der Waals surface area (Å²) in [6.07, 6.45) is 1.79. The van der Waals surface area contributed by atoms with Crippen molar-refractivity contribution in [3.8, 4) is 5.75 Å². The van der Waals surface area contributed by atoms with E-state index < -0.39 is 0 Å². The third kappa shape index (κ3) is 0.863. The molecule has 0 fully saturated rings. The van der Waals surface area contributed by atoms with Crippen LogP contribution in [-0.4, -0.2) is 14.9 Å². The van der Waals surface area contributed by atoms with Crippen LogP contribution in [0.1, 0.15) is 5.56 Å². The zero-order valence-corrected chi connectivity index (χ0v) is 7.07. The molecule has 0 aliphatic carbocycles. The normalized spacial score (nSPS) is 10.8. The van der Waals surface area contributed by atoms with Crippen molar-refractivity contribution in [3.05, 3.63) is 23.9 Å². The first kappa shape index (κ1) is 7.16. The van der Waals surface area contributed by atoms with Gasteiger partial charge in [-0.1, -0.05) is 0 Å². The molecule has 1 N–H and O–H groups in total. The summed E-state index contributed by atoms with van der Waals surface area (Å²) in [5.41, 5.74) is 1.84. The standard InChI is InChI=1S/C9H10N2O/c1-6-3-7-5-10-11(2)8(7)4-9(6)12/h3-5,12H,1-2H3. The lowest BCUT2D eigenvalue weighted by Crippen LogP contribution is -1.88. The lowest BCUT2D eigenvalue weighted by Gasteiger charge is -1.98. The van der Waals surface area contributed by atoms with Crippen LogP contribution in [0.15, 0.2) is 18.3 Å². The van der Waals surface area contributed by atoms with Gasteiger partial charge in [-0.15, -0.1) is 0 Å². The molecular weight excluding hydrogens is 152 g/mol. The summed E-state index contributed by atoms with van der Waals surface area (Å²) in [6, 6.07) is 3.66. The quantitative estimate of drug-likeness (QED) is 0.638. The first-order chi connectivity index (χ1) is 5.68. The van der Waals surface area contributed by atoms with E-state index in [9.17, 15) is 5.11 Å². The molecule has 0 spiro atoms. The van der Waals surface area contributed by atoms with E-state index in [0.717, 1.165) is 16.5 Å². The lowest BCUT2D eigenvalue weighted by atomic mass is 10.1. The zero-order valence-electron chi connectivity index (χ0n) is 7.07. The molecule has 3 heteroatoms. The highest BCUT2D eigenvalue weighted by molar-refractivity contribution is 5.81. The van der Waals surface area contributed by atoms with Crippen molar-refractivity contribution >= 4 is 10.9 Å². The molecule has 0 saturated heterocycles. The molecule has 0 atom stereocenters. The molecular formula is C9H10N2O. The number of rotatable bonds is 0. The Morgan fingerprint density at radius 1 is 1.42 bits per heavy atom. The number of hydrogen-bond donors (Lipinski definition) is 1. The molecule has 0 aliphatic heterocycles. The van der Waals surface area contributed by atoms with E-state index >= 15 is 0 Å². The first-order valence-electron chi connectivity index (χ1n) is 3.80. The van der Waals surface area contributed by atoms with Crippen molar-refractivity contribution in [2.75, 3.05) is 0 Å². The largest absolute Gasteiger partial charge is 0.508 e. The molecule has 0 saturated carbocycles. The first-order valence-corrected chi connectivity index (χ1v) is 3.80. The van der Waals surface area contributed by atoms with Crippen LogP contribution in [0.2, 0.25) is 0 Å². The fourth-order valence-corrected chi connectivity index (χ4v) is 1.30. The van der Waals surface area contributed by atoms with Gasteiger partial charge >= 0.3 is 0 Å². The summed E-state index contributed by atoms with van der Waals surface area (Å²) >= 11 is 0. The predicted octanol–water partition coefficient (Wildman–Crippen LogP) is 1.59. The monoisotopic (exact) mass is 162 g/mol. The topological polar surface area (TPSA) is 38.0 Å². The van der Waals surface area contributed by atoms with E-state index in [1.807, 2.05) is 20.0 Å². The van der Waals surface area contributed by atoms with E-state index in [0.29, 0.717) is 5.75 Å². The number of nitrogens with zero attached hydrogens (tertiary/aromatic N) is 2. The summed E-state index contributed by atoms with van der Waals surface area (Å²) < 4.78 is 1.74. The van der Waals surface area contributed by atoms with Gasteiger partial charge in [0, 0.05) is 18.5 Å². The van der Waals surface area contributed by atoms with Gasteiger partial charge in [0.15, 0.2) is 0 Å². The second-order valence-corrected chi connectivity index (χ2v) is 2.97. The minimum atomic E-state index is 0.325. The lowest BCUT2D eigenvalue weighted by molar-refractivity contribution is 0.471. The highest BCUT2D eigenvalue weighted by atomic mass is 16.3. The minimum Gasteiger partial charge on any atom is -0.508 e. The second kappa shape index (κ2) is 2.24. The van der Waals surface area contributed by atoms with Crippen LogP contribution in [-0.2, 0) is 7.05 Å². The van der Waals surface area contributed by atoms with E-state index in [1.54, 1.807) is 16.9 Å². The molecule has 1 heterocycles. The van der Waals surface area contributed by atoms with Gasteiger partial charge in [-0.05, 0) is 18.6 Å². The Morgan fingerprint density at radius 2 is 2.17 bits per heavy atom. The second-order valence-electron chi connectivity index (χ2n) is 2.97. The van der Waals surface area contributed by atoms with Gasteiger partial charge in [-0.25, -0.2) is 0 Å². The van der Waals surface area contributed by atoms with Crippen LogP contribution in [0, 0.1) is 6.92 Å². The van der Waals surface area contributed by atoms with Gasteiger partial charge in [0.1, 0.15) is 5.75 Å². The van der Waals surface area contributed by atoms with Crippen LogP contribution in [0.3, 0.4) is 0 Å². The van der Waals surface area contributed by atoms with Crippen LogP contribution in [0.25, 0.3) is 10.9 Å². The number of hydrogen-bond acceptors (Lipinski definition) is 2. The van der Waals surface area contributed by atoms with E-state index in [2.05, 4.69) is 5.10 Å². The molecule has 2 rings (SSSR count). The summed E-state index contributed by atoms with van der Waals surface area (Å²) in [5, 5.41) is 14.6. The van der Waals surface area contributed by atoms with Gasteiger partial charge < -0.3 is 5.11 Å². The highest BCUT2D eigenvalue weighted by Gasteiger charge is 2.02. The third-order valence-corrected chi connectivity index (χ3v) is 2.06. The number of benzene rings is 1. The van der Waals surface area contributed by atoms with Gasteiger partial charge in [0.25, 0.3) is 0 Å². The zero-order chi connectivity index (χ0) is 8.72. The maximum Gasteiger partial charge on any atom is 0.120 e. The van der Waals surface area contributed by atoms with Crippen LogP contribution >= 0.6 is 0 Å². The molecule has 0 unspecified atom stereocenters. The Hall–Kier alpha value is -1.51. The van der Waals surface area contributed by atoms with Crippen molar-refractivity contribution in [2.45, 2.75) is 6.92 Å². The third-order valence-electron chi connectivity index (χ3n) is 2.06. The number of aromatic hydroxyl groups is 1. The van der Waals surface area contributed by atoms with Gasteiger partial charge in [-0.3, -0.25) is 4.68 Å². The Morgan fingerprint density at radius 3 is 2.92 bits per heavy atom. The Bertz CT molecular complexity index is 431. The van der Waals surface area contributed by atoms with Crippen LogP contribution < -0.4 is 0 Å². The minimum absolute atomic E-state index is 0.325. The maximum atomic E-state index is 9.42. The van der Waals surface area contributed by atoms with Crippen LogP contribution in [0.4, 0.5) is 0 Å². The number of phenols is 1.